The van der Waals surface area contributed by atoms with Crippen molar-refractivity contribution >= 4 is 27.8 Å². The summed E-state index contributed by atoms with van der Waals surface area (Å²) in [6, 6.07) is 5.16. The second-order valence-corrected chi connectivity index (χ2v) is 10.1. The first-order chi connectivity index (χ1) is 14.2. The first kappa shape index (κ1) is 20.6. The van der Waals surface area contributed by atoms with E-state index in [0.717, 1.165) is 25.0 Å². The minimum Gasteiger partial charge on any atom is -0.446 e. The molecule has 1 aliphatic carbocycles. The van der Waals surface area contributed by atoms with Gasteiger partial charge in [-0.15, -0.1) is 0 Å². The van der Waals surface area contributed by atoms with Gasteiger partial charge in [0, 0.05) is 30.8 Å². The van der Waals surface area contributed by atoms with Gasteiger partial charge in [0.2, 0.25) is 10.0 Å². The molecule has 0 bridgehead atoms. The lowest BCUT2D eigenvalue weighted by molar-refractivity contribution is 0.0981. The monoisotopic (exact) mass is 434 g/mol. The Morgan fingerprint density at radius 2 is 2.10 bits per heavy atom. The number of aromatic nitrogens is 3. The van der Waals surface area contributed by atoms with E-state index in [1.165, 1.54) is 11.4 Å². The van der Waals surface area contributed by atoms with E-state index in [0.29, 0.717) is 17.3 Å². The second-order valence-electron chi connectivity index (χ2n) is 8.07. The van der Waals surface area contributed by atoms with E-state index in [4.69, 9.17) is 4.74 Å². The number of hydrogen-bond acceptors (Lipinski definition) is 7. The lowest BCUT2D eigenvalue weighted by Crippen LogP contribution is -2.33. The molecule has 0 saturated heterocycles. The number of pyridine rings is 1. The Hall–Kier alpha value is -2.66. The maximum Gasteiger partial charge on any atom is 0.407 e. The third kappa shape index (κ3) is 4.12. The fourth-order valence-electron chi connectivity index (χ4n) is 3.86. The molecule has 0 aromatic carbocycles. The molecule has 1 amide bonds. The molecule has 1 fully saturated rings. The van der Waals surface area contributed by atoms with Crippen molar-refractivity contribution in [3.05, 3.63) is 29.6 Å². The molecule has 2 aliphatic rings. The van der Waals surface area contributed by atoms with Crippen LogP contribution in [0.4, 0.5) is 16.4 Å². The second kappa shape index (κ2) is 7.88. The number of hydrogen-bond donors (Lipinski definition) is 3. The molecule has 0 spiro atoms. The standard InChI is InChI=1S/C19H26N6O4S/c1-11(2)20-19(26)29-13-5-4-12(8-13)14-9-18(24-23-14)22-17-7-6-16-15(21-17)10-25(3)30(16,27)28/h6-7,9,11-13H,4-5,8,10H2,1-3H3,(H,20,26)(H2,21,22,23,24)/t12-,13+/m0/s1. The molecule has 3 heterocycles. The van der Waals surface area contributed by atoms with Gasteiger partial charge >= 0.3 is 6.09 Å². The number of rotatable bonds is 5. The van der Waals surface area contributed by atoms with E-state index in [9.17, 15) is 13.2 Å². The van der Waals surface area contributed by atoms with E-state index in [1.807, 2.05) is 19.9 Å². The molecule has 30 heavy (non-hydrogen) atoms. The van der Waals surface area contributed by atoms with Crippen LogP contribution in [0.15, 0.2) is 23.1 Å². The van der Waals surface area contributed by atoms with Crippen LogP contribution in [0.1, 0.15) is 50.4 Å². The van der Waals surface area contributed by atoms with Crippen molar-refractivity contribution in [3.8, 4) is 0 Å². The predicted octanol–water partition coefficient (Wildman–Crippen LogP) is 2.45. The van der Waals surface area contributed by atoms with Gasteiger partial charge in [0.1, 0.15) is 16.8 Å². The molecule has 4 rings (SSSR count). The molecule has 2 aromatic heterocycles. The summed E-state index contributed by atoms with van der Waals surface area (Å²) < 4.78 is 31.1. The smallest absolute Gasteiger partial charge is 0.407 e. The van der Waals surface area contributed by atoms with Gasteiger partial charge in [-0.25, -0.2) is 18.2 Å². The summed E-state index contributed by atoms with van der Waals surface area (Å²) in [5, 5.41) is 13.2. The van der Waals surface area contributed by atoms with Crippen LogP contribution in [0, 0.1) is 0 Å². The van der Waals surface area contributed by atoms with E-state index < -0.39 is 10.0 Å². The van der Waals surface area contributed by atoms with Crippen molar-refractivity contribution < 1.29 is 17.9 Å². The highest BCUT2D eigenvalue weighted by Gasteiger charge is 2.33. The number of carbonyl (C=O) groups is 1. The molecule has 10 nitrogen and oxygen atoms in total. The molecule has 0 unspecified atom stereocenters. The van der Waals surface area contributed by atoms with Gasteiger partial charge in [-0.1, -0.05) is 0 Å². The van der Waals surface area contributed by atoms with Gasteiger partial charge in [-0.05, 0) is 45.2 Å². The lowest BCUT2D eigenvalue weighted by atomic mass is 10.0. The van der Waals surface area contributed by atoms with Crippen molar-refractivity contribution in [2.75, 3.05) is 12.4 Å². The van der Waals surface area contributed by atoms with Gasteiger partial charge < -0.3 is 15.4 Å². The van der Waals surface area contributed by atoms with Crippen LogP contribution in [0.2, 0.25) is 0 Å². The molecule has 1 saturated carbocycles. The van der Waals surface area contributed by atoms with Gasteiger partial charge in [0.15, 0.2) is 5.82 Å². The Kier molecular flexibility index (Phi) is 5.41. The third-order valence-corrected chi connectivity index (χ3v) is 7.23. The Morgan fingerprint density at radius 3 is 2.87 bits per heavy atom. The first-order valence-electron chi connectivity index (χ1n) is 9.98. The zero-order valence-corrected chi connectivity index (χ0v) is 18.0. The number of amides is 1. The zero-order chi connectivity index (χ0) is 21.5. The zero-order valence-electron chi connectivity index (χ0n) is 17.2. The number of alkyl carbamates (subject to hydrolysis) is 1. The Labute approximate surface area is 175 Å². The van der Waals surface area contributed by atoms with Crippen LogP contribution in [-0.2, 0) is 21.3 Å². The normalized spacial score (nSPS) is 22.8. The summed E-state index contributed by atoms with van der Waals surface area (Å²) in [5.74, 6) is 1.38. The van der Waals surface area contributed by atoms with Gasteiger partial charge in [-0.3, -0.25) is 5.10 Å². The van der Waals surface area contributed by atoms with Crippen molar-refractivity contribution in [1.82, 2.24) is 24.8 Å². The number of nitrogens with one attached hydrogen (secondary N) is 3. The molecule has 2 aromatic rings. The van der Waals surface area contributed by atoms with E-state index in [2.05, 4.69) is 25.8 Å². The number of fused-ring (bicyclic) bond motifs is 1. The SMILES string of the molecule is CC(C)NC(=O)O[C@@H]1CC[C@H](c2cc(Nc3ccc4c(n3)CN(C)S4(=O)=O)n[nH]2)C1. The average molecular weight is 435 g/mol. The third-order valence-electron chi connectivity index (χ3n) is 5.35. The van der Waals surface area contributed by atoms with Crippen LogP contribution in [0.3, 0.4) is 0 Å². The number of anilines is 2. The van der Waals surface area contributed by atoms with Crippen LogP contribution < -0.4 is 10.6 Å². The van der Waals surface area contributed by atoms with Gasteiger partial charge in [0.25, 0.3) is 0 Å². The molecular weight excluding hydrogens is 408 g/mol. The van der Waals surface area contributed by atoms with Crippen LogP contribution in [0.5, 0.6) is 0 Å². The fourth-order valence-corrected chi connectivity index (χ4v) is 5.14. The van der Waals surface area contributed by atoms with E-state index in [1.54, 1.807) is 12.1 Å². The van der Waals surface area contributed by atoms with E-state index >= 15 is 0 Å². The van der Waals surface area contributed by atoms with Crippen molar-refractivity contribution in [2.45, 2.75) is 62.6 Å². The number of carbonyl (C=O) groups excluding carboxylic acids is 1. The molecule has 3 N–H and O–H groups in total. The molecule has 0 radical (unpaired) electrons. The molecule has 1 aliphatic heterocycles. The number of H-pyrrole nitrogens is 1. The summed E-state index contributed by atoms with van der Waals surface area (Å²) in [6.07, 6.45) is 1.98. The highest BCUT2D eigenvalue weighted by molar-refractivity contribution is 7.89. The Morgan fingerprint density at radius 1 is 1.30 bits per heavy atom. The summed E-state index contributed by atoms with van der Waals surface area (Å²) >= 11 is 0. The lowest BCUT2D eigenvalue weighted by Gasteiger charge is -2.14. The number of ether oxygens (including phenoxy) is 1. The number of sulfonamides is 1. The average Bonchev–Trinajstić information content (AvgIpc) is 3.34. The minimum atomic E-state index is -3.42. The molecule has 162 valence electrons. The number of nitrogens with zero attached hydrogens (tertiary/aromatic N) is 3. The summed E-state index contributed by atoms with van der Waals surface area (Å²) in [6.45, 7) is 4.04. The number of aromatic amines is 1. The van der Waals surface area contributed by atoms with Crippen molar-refractivity contribution in [3.63, 3.8) is 0 Å². The summed E-state index contributed by atoms with van der Waals surface area (Å²) in [5.41, 5.74) is 1.49. The quantitative estimate of drug-likeness (QED) is 0.659. The highest BCUT2D eigenvalue weighted by atomic mass is 32.2. The maximum atomic E-state index is 12.2. The van der Waals surface area contributed by atoms with E-state index in [-0.39, 0.29) is 35.6 Å². The van der Waals surface area contributed by atoms with Crippen LogP contribution in [0.25, 0.3) is 0 Å². The minimum absolute atomic E-state index is 0.0456. The van der Waals surface area contributed by atoms with Gasteiger partial charge in [-0.2, -0.15) is 9.40 Å². The van der Waals surface area contributed by atoms with Gasteiger partial charge in [0.05, 0.1) is 12.2 Å². The van der Waals surface area contributed by atoms with Crippen molar-refractivity contribution in [2.24, 2.45) is 0 Å². The molecule has 2 atom stereocenters. The maximum absolute atomic E-state index is 12.2. The summed E-state index contributed by atoms with van der Waals surface area (Å²) in [7, 11) is -1.88. The van der Waals surface area contributed by atoms with Crippen LogP contribution in [-0.4, -0.2) is 53.2 Å². The highest BCUT2D eigenvalue weighted by Crippen LogP contribution is 2.36. The topological polar surface area (TPSA) is 129 Å². The fraction of sp³-hybridized carbons (Fsp3) is 0.526. The Balaban J connectivity index is 1.38. The van der Waals surface area contributed by atoms with Crippen molar-refractivity contribution in [1.29, 1.82) is 0 Å². The molecular formula is C19H26N6O4S. The predicted molar refractivity (Wildman–Crippen MR) is 110 cm³/mol. The largest absolute Gasteiger partial charge is 0.446 e. The Bertz CT molecular complexity index is 1050. The summed E-state index contributed by atoms with van der Waals surface area (Å²) in [4.78, 5) is 16.5. The first-order valence-corrected chi connectivity index (χ1v) is 11.4. The molecule has 11 heteroatoms. The van der Waals surface area contributed by atoms with Crippen LogP contribution >= 0.6 is 0 Å².